The number of anilines is 2. The van der Waals surface area contributed by atoms with Crippen LogP contribution in [0.25, 0.3) is 6.08 Å². The highest BCUT2D eigenvalue weighted by Gasteiger charge is 2.33. The number of amides is 4. The highest BCUT2D eigenvalue weighted by Crippen LogP contribution is 2.39. The van der Waals surface area contributed by atoms with E-state index >= 15 is 0 Å². The summed E-state index contributed by atoms with van der Waals surface area (Å²) in [6, 6.07) is 23.5. The second-order valence-electron chi connectivity index (χ2n) is 14.3. The van der Waals surface area contributed by atoms with E-state index in [-0.39, 0.29) is 18.1 Å². The molecule has 0 saturated carbocycles. The molecule has 1 aromatic heterocycles. The van der Waals surface area contributed by atoms with Crippen molar-refractivity contribution in [2.24, 2.45) is 0 Å². The molecule has 0 fully saturated rings. The fourth-order valence-corrected chi connectivity index (χ4v) is 7.88. The summed E-state index contributed by atoms with van der Waals surface area (Å²) in [5.41, 5.74) is 3.22. The number of rotatable bonds is 11. The van der Waals surface area contributed by atoms with Gasteiger partial charge in [-0.1, -0.05) is 62.4 Å². The second-order valence-corrected chi connectivity index (χ2v) is 16.8. The smallest absolute Gasteiger partial charge is 0.410 e. The van der Waals surface area contributed by atoms with Gasteiger partial charge in [-0.25, -0.2) is 9.59 Å². The van der Waals surface area contributed by atoms with Gasteiger partial charge in [-0.3, -0.25) is 14.4 Å². The van der Waals surface area contributed by atoms with Gasteiger partial charge in [0.15, 0.2) is 0 Å². The number of carbonyl (C=O) groups excluding carboxylic acids is 5. The van der Waals surface area contributed by atoms with Crippen molar-refractivity contribution in [1.29, 1.82) is 0 Å². The summed E-state index contributed by atoms with van der Waals surface area (Å²) in [6.45, 7) is 12.0. The zero-order valence-corrected chi connectivity index (χ0v) is 33.6. The average Bonchev–Trinajstić information content (AvgIpc) is 3.51. The number of nitrogens with zero attached hydrogens (tertiary/aromatic N) is 1. The van der Waals surface area contributed by atoms with Gasteiger partial charge in [-0.15, -0.1) is 23.1 Å². The van der Waals surface area contributed by atoms with E-state index in [1.807, 2.05) is 36.4 Å². The van der Waals surface area contributed by atoms with Crippen molar-refractivity contribution < 1.29 is 33.4 Å². The lowest BCUT2D eigenvalue weighted by molar-refractivity contribution is -0.115. The minimum absolute atomic E-state index is 0.0613. The molecule has 3 aromatic carbocycles. The first-order chi connectivity index (χ1) is 26.1. The van der Waals surface area contributed by atoms with Crippen LogP contribution in [0, 0.1) is 0 Å². The molecular formula is C42H46N4O7S2. The zero-order valence-electron chi connectivity index (χ0n) is 32.0. The van der Waals surface area contributed by atoms with Crippen molar-refractivity contribution in [2.75, 3.05) is 24.3 Å². The summed E-state index contributed by atoms with van der Waals surface area (Å²) in [7, 11) is 1.29. The summed E-state index contributed by atoms with van der Waals surface area (Å²) < 4.78 is 10.6. The Morgan fingerprint density at radius 3 is 2.27 bits per heavy atom. The van der Waals surface area contributed by atoms with Crippen molar-refractivity contribution in [1.82, 2.24) is 10.2 Å². The molecule has 4 amide bonds. The van der Waals surface area contributed by atoms with Gasteiger partial charge in [0.05, 0.1) is 24.5 Å². The maximum Gasteiger partial charge on any atom is 0.410 e. The molecule has 1 unspecified atom stereocenters. The summed E-state index contributed by atoms with van der Waals surface area (Å²) >= 11 is 2.51. The number of esters is 1. The molecular weight excluding hydrogens is 737 g/mol. The zero-order chi connectivity index (χ0) is 39.9. The minimum atomic E-state index is -0.650. The predicted molar refractivity (Wildman–Crippen MR) is 217 cm³/mol. The number of hydrogen-bond donors (Lipinski definition) is 3. The third-order valence-corrected chi connectivity index (χ3v) is 10.8. The lowest BCUT2D eigenvalue weighted by Gasteiger charge is -2.30. The number of thioether (sulfide) groups is 1. The molecule has 0 saturated heterocycles. The van der Waals surface area contributed by atoms with E-state index in [0.29, 0.717) is 45.6 Å². The third-order valence-electron chi connectivity index (χ3n) is 8.55. The van der Waals surface area contributed by atoms with E-state index < -0.39 is 34.7 Å². The molecule has 1 aliphatic heterocycles. The summed E-state index contributed by atoms with van der Waals surface area (Å²) in [5, 5.41) is 8.32. The largest absolute Gasteiger partial charge is 0.465 e. The van der Waals surface area contributed by atoms with E-state index in [1.54, 1.807) is 81.1 Å². The lowest BCUT2D eigenvalue weighted by atomic mass is 10.0. The van der Waals surface area contributed by atoms with Crippen LogP contribution in [0.3, 0.4) is 0 Å². The summed E-state index contributed by atoms with van der Waals surface area (Å²) in [6.07, 6.45) is 1.59. The highest BCUT2D eigenvalue weighted by molar-refractivity contribution is 8.00. The lowest BCUT2D eigenvalue weighted by Crippen LogP contribution is -2.39. The molecule has 0 bridgehead atoms. The third kappa shape index (κ3) is 10.9. The number of hydrogen-bond acceptors (Lipinski definition) is 9. The van der Waals surface area contributed by atoms with Crippen molar-refractivity contribution in [3.8, 4) is 0 Å². The molecule has 3 N–H and O–H groups in total. The van der Waals surface area contributed by atoms with E-state index in [4.69, 9.17) is 9.47 Å². The maximum atomic E-state index is 13.7. The Labute approximate surface area is 329 Å². The molecule has 0 radical (unpaired) electrons. The molecule has 13 heteroatoms. The Hall–Kier alpha value is -5.40. The van der Waals surface area contributed by atoms with E-state index in [9.17, 15) is 24.0 Å². The van der Waals surface area contributed by atoms with Gasteiger partial charge in [0.1, 0.15) is 16.3 Å². The van der Waals surface area contributed by atoms with Crippen LogP contribution in [0.2, 0.25) is 0 Å². The Morgan fingerprint density at radius 2 is 1.62 bits per heavy atom. The van der Waals surface area contributed by atoms with Gasteiger partial charge in [0.2, 0.25) is 5.91 Å². The number of ether oxygens (including phenoxy) is 2. The van der Waals surface area contributed by atoms with Gasteiger partial charge < -0.3 is 30.3 Å². The van der Waals surface area contributed by atoms with Crippen LogP contribution in [0.1, 0.15) is 89.7 Å². The topological polar surface area (TPSA) is 143 Å². The molecule has 2 heterocycles. The van der Waals surface area contributed by atoms with Crippen LogP contribution in [0.4, 0.5) is 15.5 Å². The average molecular weight is 783 g/mol. The molecule has 11 nitrogen and oxygen atoms in total. The van der Waals surface area contributed by atoms with Crippen molar-refractivity contribution in [3.63, 3.8) is 0 Å². The van der Waals surface area contributed by atoms with Crippen molar-refractivity contribution >= 4 is 69.6 Å². The van der Waals surface area contributed by atoms with Gasteiger partial charge >= 0.3 is 12.1 Å². The summed E-state index contributed by atoms with van der Waals surface area (Å²) in [4.78, 5) is 69.1. The number of nitrogens with one attached hydrogen (secondary N) is 3. The first kappa shape index (κ1) is 40.8. The fraction of sp³-hybridized carbons (Fsp3) is 0.310. The van der Waals surface area contributed by atoms with Crippen LogP contribution in [0.5, 0.6) is 0 Å². The minimum Gasteiger partial charge on any atom is -0.465 e. The number of methoxy groups -OCH3 is 1. The van der Waals surface area contributed by atoms with Gasteiger partial charge in [0.25, 0.3) is 11.8 Å². The van der Waals surface area contributed by atoms with Crippen LogP contribution < -0.4 is 16.0 Å². The van der Waals surface area contributed by atoms with Gasteiger partial charge in [-0.05, 0) is 93.1 Å². The molecule has 1 aliphatic rings. The van der Waals surface area contributed by atoms with Crippen LogP contribution in [-0.2, 0) is 32.0 Å². The number of thiophene rings is 1. The predicted octanol–water partition coefficient (Wildman–Crippen LogP) is 8.48. The molecule has 4 aromatic rings. The molecule has 5 rings (SSSR count). The van der Waals surface area contributed by atoms with Crippen LogP contribution in [0.15, 0.2) is 89.5 Å². The molecule has 288 valence electrons. The monoisotopic (exact) mass is 782 g/mol. The van der Waals surface area contributed by atoms with E-state index in [2.05, 4.69) is 29.8 Å². The number of carbonyl (C=O) groups is 5. The molecule has 0 spiro atoms. The van der Waals surface area contributed by atoms with Crippen molar-refractivity contribution in [3.05, 3.63) is 117 Å². The Balaban J connectivity index is 1.29. The maximum absolute atomic E-state index is 13.7. The summed E-state index contributed by atoms with van der Waals surface area (Å²) in [5.74, 6) is -1.51. The first-order valence-electron chi connectivity index (χ1n) is 17.9. The van der Waals surface area contributed by atoms with Crippen LogP contribution in [-0.4, -0.2) is 59.2 Å². The normalized spacial score (nSPS) is 13.4. The Kier molecular flexibility index (Phi) is 13.2. The number of fused-ring (bicyclic) bond motifs is 1. The van der Waals surface area contributed by atoms with Crippen LogP contribution >= 0.6 is 23.1 Å². The van der Waals surface area contributed by atoms with Gasteiger partial charge in [0, 0.05) is 27.6 Å². The quantitative estimate of drug-likeness (QED) is 0.0782. The molecule has 55 heavy (non-hydrogen) atoms. The Bertz CT molecular complexity index is 2090. The second kappa shape index (κ2) is 17.8. The number of benzene rings is 3. The van der Waals surface area contributed by atoms with Crippen molar-refractivity contribution in [2.45, 2.75) is 76.2 Å². The fourth-order valence-electron chi connectivity index (χ4n) is 5.69. The first-order valence-corrected chi connectivity index (χ1v) is 19.6. The Morgan fingerprint density at radius 1 is 0.909 bits per heavy atom. The van der Waals surface area contributed by atoms with Gasteiger partial charge in [-0.2, -0.15) is 0 Å². The van der Waals surface area contributed by atoms with E-state index in [1.165, 1.54) is 30.2 Å². The standard InChI is InChI=1S/C42H46N4O7S2/c1-25(2)28-18-16-27(17-19-28)22-33(44-37(48)29-12-9-8-10-13-29)38(49)43-30-14-11-15-31(23-30)54-26(3)36(47)45-39-35(40(50)52-7)32-20-21-46(24-34(32)55-39)41(51)53-42(4,5)6/h8-19,22-23,25-26H,20-21,24H2,1-7H3,(H,43,49)(H,44,48)(H,45,47)/b33-22+. The molecule has 1 atom stereocenters. The highest BCUT2D eigenvalue weighted by atomic mass is 32.2. The molecule has 0 aliphatic carbocycles. The SMILES string of the molecule is COC(=O)c1c(NC(=O)C(C)Sc2cccc(NC(=O)/C(=C\c3ccc(C(C)C)cc3)NC(=O)c3ccccc3)c2)sc2c1CCN(C(=O)OC(C)(C)C)C2. The van der Waals surface area contributed by atoms with E-state index in [0.717, 1.165) is 21.6 Å².